The van der Waals surface area contributed by atoms with Gasteiger partial charge in [-0.25, -0.2) is 0 Å². The molecule has 2 aromatic rings. The number of benzene rings is 1. The van der Waals surface area contributed by atoms with E-state index in [2.05, 4.69) is 5.10 Å². The van der Waals surface area contributed by atoms with Crippen LogP contribution in [0.2, 0.25) is 0 Å². The van der Waals surface area contributed by atoms with E-state index >= 15 is 0 Å². The fourth-order valence-electron chi connectivity index (χ4n) is 3.23. The average Bonchev–Trinajstić information content (AvgIpc) is 2.82. The van der Waals surface area contributed by atoms with E-state index < -0.39 is 0 Å². The van der Waals surface area contributed by atoms with Crippen molar-refractivity contribution < 1.29 is 9.53 Å². The van der Waals surface area contributed by atoms with Gasteiger partial charge in [-0.1, -0.05) is 12.1 Å². The van der Waals surface area contributed by atoms with E-state index in [1.165, 1.54) is 16.8 Å². The maximum absolute atomic E-state index is 12.6. The summed E-state index contributed by atoms with van der Waals surface area (Å²) in [6.07, 6.45) is 5.20. The zero-order chi connectivity index (χ0) is 16.9. The van der Waals surface area contributed by atoms with E-state index in [0.29, 0.717) is 19.6 Å². The van der Waals surface area contributed by atoms with Gasteiger partial charge in [-0.2, -0.15) is 5.10 Å². The molecule has 1 amide bonds. The standard InChI is InChI=1S/C19H25N3O2/c1-3-24-17-9-6-15(7-10-17)8-11-19(23)22-12-4-5-18-16(14-22)13-20-21(18)2/h6-7,9-10,13H,3-5,8,11-12,14H2,1-2H3. The first-order chi connectivity index (χ1) is 11.7. The van der Waals surface area contributed by atoms with E-state index in [1.807, 2.05) is 54.0 Å². The van der Waals surface area contributed by atoms with Crippen molar-refractivity contribution in [2.75, 3.05) is 13.2 Å². The predicted molar refractivity (Wildman–Crippen MR) is 92.9 cm³/mol. The molecule has 0 saturated carbocycles. The molecule has 0 N–H and O–H groups in total. The molecule has 0 aliphatic carbocycles. The number of aromatic nitrogens is 2. The third-order valence-electron chi connectivity index (χ3n) is 4.57. The maximum atomic E-state index is 12.6. The second-order valence-corrected chi connectivity index (χ2v) is 6.24. The van der Waals surface area contributed by atoms with Crippen LogP contribution in [0.1, 0.15) is 36.6 Å². The molecule has 1 aromatic heterocycles. The lowest BCUT2D eigenvalue weighted by Crippen LogP contribution is -2.30. The fourth-order valence-corrected chi connectivity index (χ4v) is 3.23. The number of aryl methyl sites for hydroxylation is 2. The molecule has 1 aliphatic heterocycles. The molecule has 0 saturated heterocycles. The van der Waals surface area contributed by atoms with E-state index in [0.717, 1.165) is 31.6 Å². The Hall–Kier alpha value is -2.30. The van der Waals surface area contributed by atoms with Gasteiger partial charge in [0.15, 0.2) is 0 Å². The van der Waals surface area contributed by atoms with Crippen molar-refractivity contribution in [2.45, 2.75) is 39.2 Å². The molecule has 0 bridgehead atoms. The van der Waals surface area contributed by atoms with Crippen molar-refractivity contribution in [3.63, 3.8) is 0 Å². The largest absolute Gasteiger partial charge is 0.494 e. The Morgan fingerprint density at radius 3 is 2.83 bits per heavy atom. The number of ether oxygens (including phenoxy) is 1. The second kappa shape index (κ2) is 7.51. The smallest absolute Gasteiger partial charge is 0.223 e. The molecule has 0 fully saturated rings. The summed E-state index contributed by atoms with van der Waals surface area (Å²) in [5.41, 5.74) is 3.62. The normalized spacial score (nSPS) is 14.2. The highest BCUT2D eigenvalue weighted by Gasteiger charge is 2.20. The van der Waals surface area contributed by atoms with Crippen LogP contribution >= 0.6 is 0 Å². The number of hydrogen-bond donors (Lipinski definition) is 0. The molecule has 0 radical (unpaired) electrons. The van der Waals surface area contributed by atoms with Crippen LogP contribution in [0.4, 0.5) is 0 Å². The van der Waals surface area contributed by atoms with Gasteiger partial charge >= 0.3 is 0 Å². The summed E-state index contributed by atoms with van der Waals surface area (Å²) >= 11 is 0. The molecule has 128 valence electrons. The Morgan fingerprint density at radius 1 is 1.29 bits per heavy atom. The Balaban J connectivity index is 1.56. The molecule has 1 aliphatic rings. The summed E-state index contributed by atoms with van der Waals surface area (Å²) in [6, 6.07) is 8.02. The number of nitrogens with zero attached hydrogens (tertiary/aromatic N) is 3. The van der Waals surface area contributed by atoms with Crippen LogP contribution in [-0.4, -0.2) is 33.7 Å². The molecule has 3 rings (SSSR count). The summed E-state index contributed by atoms with van der Waals surface area (Å²) in [6.45, 7) is 4.16. The van der Waals surface area contributed by atoms with Crippen LogP contribution < -0.4 is 4.74 Å². The Morgan fingerprint density at radius 2 is 2.08 bits per heavy atom. The molecular formula is C19H25N3O2. The van der Waals surface area contributed by atoms with Gasteiger partial charge < -0.3 is 9.64 Å². The lowest BCUT2D eigenvalue weighted by atomic mass is 10.1. The molecule has 0 atom stereocenters. The van der Waals surface area contributed by atoms with Gasteiger partial charge in [-0.15, -0.1) is 0 Å². The zero-order valence-corrected chi connectivity index (χ0v) is 14.5. The van der Waals surface area contributed by atoms with Gasteiger partial charge in [0, 0.05) is 37.8 Å². The van der Waals surface area contributed by atoms with Crippen LogP contribution in [-0.2, 0) is 31.2 Å². The van der Waals surface area contributed by atoms with Crippen LogP contribution in [0, 0.1) is 0 Å². The summed E-state index contributed by atoms with van der Waals surface area (Å²) in [5.74, 6) is 1.10. The minimum Gasteiger partial charge on any atom is -0.494 e. The third kappa shape index (κ3) is 3.78. The van der Waals surface area contributed by atoms with Crippen LogP contribution in [0.5, 0.6) is 5.75 Å². The minimum atomic E-state index is 0.223. The van der Waals surface area contributed by atoms with Crippen molar-refractivity contribution >= 4 is 5.91 Å². The number of hydrogen-bond acceptors (Lipinski definition) is 3. The molecule has 2 heterocycles. The van der Waals surface area contributed by atoms with E-state index in [4.69, 9.17) is 4.74 Å². The summed E-state index contributed by atoms with van der Waals surface area (Å²) < 4.78 is 7.38. The molecular weight excluding hydrogens is 302 g/mol. The number of amides is 1. The first-order valence-electron chi connectivity index (χ1n) is 8.66. The van der Waals surface area contributed by atoms with E-state index in [1.54, 1.807) is 0 Å². The minimum absolute atomic E-state index is 0.223. The van der Waals surface area contributed by atoms with Crippen molar-refractivity contribution in [1.82, 2.24) is 14.7 Å². The van der Waals surface area contributed by atoms with Gasteiger partial charge in [0.2, 0.25) is 5.91 Å². The van der Waals surface area contributed by atoms with Crippen molar-refractivity contribution in [1.29, 1.82) is 0 Å². The molecule has 5 nitrogen and oxygen atoms in total. The first kappa shape index (κ1) is 16.6. The molecule has 24 heavy (non-hydrogen) atoms. The number of carbonyl (C=O) groups excluding carboxylic acids is 1. The monoisotopic (exact) mass is 327 g/mol. The lowest BCUT2D eigenvalue weighted by molar-refractivity contribution is -0.131. The number of rotatable bonds is 5. The Labute approximate surface area is 143 Å². The molecule has 0 unspecified atom stereocenters. The lowest BCUT2D eigenvalue weighted by Gasteiger charge is -2.20. The maximum Gasteiger partial charge on any atom is 0.223 e. The van der Waals surface area contributed by atoms with Crippen molar-refractivity contribution in [3.8, 4) is 5.75 Å². The van der Waals surface area contributed by atoms with E-state index in [9.17, 15) is 4.79 Å². The van der Waals surface area contributed by atoms with Gasteiger partial charge in [0.25, 0.3) is 0 Å². The summed E-state index contributed by atoms with van der Waals surface area (Å²) in [5, 5.41) is 4.32. The highest BCUT2D eigenvalue weighted by Crippen LogP contribution is 2.19. The third-order valence-corrected chi connectivity index (χ3v) is 4.57. The van der Waals surface area contributed by atoms with Gasteiger partial charge in [0.05, 0.1) is 12.8 Å². The van der Waals surface area contributed by atoms with Gasteiger partial charge in [-0.05, 0) is 43.9 Å². The van der Waals surface area contributed by atoms with Gasteiger partial charge in [0.1, 0.15) is 5.75 Å². The van der Waals surface area contributed by atoms with Gasteiger partial charge in [-0.3, -0.25) is 9.48 Å². The quantitative estimate of drug-likeness (QED) is 0.848. The molecule has 1 aromatic carbocycles. The SMILES string of the molecule is CCOc1ccc(CCC(=O)N2CCCc3c(cnn3C)C2)cc1. The number of carbonyl (C=O) groups is 1. The summed E-state index contributed by atoms with van der Waals surface area (Å²) in [4.78, 5) is 14.6. The fraction of sp³-hybridized carbons (Fsp3) is 0.474. The van der Waals surface area contributed by atoms with Crippen molar-refractivity contribution in [3.05, 3.63) is 47.3 Å². The predicted octanol–water partition coefficient (Wildman–Crippen LogP) is 2.73. The molecule has 0 spiro atoms. The van der Waals surface area contributed by atoms with Crippen LogP contribution in [0.25, 0.3) is 0 Å². The van der Waals surface area contributed by atoms with Crippen LogP contribution in [0.3, 0.4) is 0 Å². The summed E-state index contributed by atoms with van der Waals surface area (Å²) in [7, 11) is 1.97. The topological polar surface area (TPSA) is 47.4 Å². The highest BCUT2D eigenvalue weighted by molar-refractivity contribution is 5.76. The molecule has 5 heteroatoms. The zero-order valence-electron chi connectivity index (χ0n) is 14.5. The first-order valence-corrected chi connectivity index (χ1v) is 8.66. The van der Waals surface area contributed by atoms with E-state index in [-0.39, 0.29) is 5.91 Å². The highest BCUT2D eigenvalue weighted by atomic mass is 16.5. The number of fused-ring (bicyclic) bond motifs is 1. The van der Waals surface area contributed by atoms with Crippen LogP contribution in [0.15, 0.2) is 30.5 Å². The van der Waals surface area contributed by atoms with Crippen molar-refractivity contribution in [2.24, 2.45) is 7.05 Å². The Kier molecular flexibility index (Phi) is 5.18. The second-order valence-electron chi connectivity index (χ2n) is 6.24. The average molecular weight is 327 g/mol. The Bertz CT molecular complexity index is 691.